The minimum atomic E-state index is -0.00236. The van der Waals surface area contributed by atoms with Crippen LogP contribution in [0.2, 0.25) is 5.15 Å². The molecule has 23 heavy (non-hydrogen) atoms. The average Bonchev–Trinajstić information content (AvgIpc) is 3.24. The summed E-state index contributed by atoms with van der Waals surface area (Å²) in [7, 11) is 1.83. The van der Waals surface area contributed by atoms with Gasteiger partial charge in [0.15, 0.2) is 5.69 Å². The molecule has 122 valence electrons. The van der Waals surface area contributed by atoms with Crippen LogP contribution in [0.3, 0.4) is 0 Å². The molecule has 4 rings (SSSR count). The van der Waals surface area contributed by atoms with Gasteiger partial charge in [0.1, 0.15) is 5.15 Å². The Morgan fingerprint density at radius 3 is 2.91 bits per heavy atom. The molecule has 1 fully saturated rings. The number of amides is 1. The van der Waals surface area contributed by atoms with Crippen LogP contribution in [0.25, 0.3) is 0 Å². The second kappa shape index (κ2) is 5.37. The van der Waals surface area contributed by atoms with E-state index in [1.807, 2.05) is 18.9 Å². The molecule has 6 nitrogen and oxygen atoms in total. The maximum atomic E-state index is 13.1. The second-order valence-electron chi connectivity index (χ2n) is 6.45. The van der Waals surface area contributed by atoms with Gasteiger partial charge in [0.25, 0.3) is 5.91 Å². The Kier molecular flexibility index (Phi) is 3.44. The van der Waals surface area contributed by atoms with E-state index in [1.165, 1.54) is 0 Å². The largest absolute Gasteiger partial charge is 0.330 e. The lowest BCUT2D eigenvalue weighted by molar-refractivity contribution is 0.0728. The van der Waals surface area contributed by atoms with E-state index in [4.69, 9.17) is 11.6 Å². The molecule has 1 amide bonds. The summed E-state index contributed by atoms with van der Waals surface area (Å²) in [4.78, 5) is 15.0. The molecule has 0 bridgehead atoms. The van der Waals surface area contributed by atoms with Gasteiger partial charge in [-0.15, -0.1) is 0 Å². The highest BCUT2D eigenvalue weighted by molar-refractivity contribution is 6.30. The highest BCUT2D eigenvalue weighted by Gasteiger charge is 2.37. The van der Waals surface area contributed by atoms with Crippen LogP contribution in [0, 0.1) is 6.92 Å². The van der Waals surface area contributed by atoms with Crippen molar-refractivity contribution in [2.45, 2.75) is 45.1 Å². The number of rotatable bonds is 2. The molecule has 1 aliphatic heterocycles. The molecule has 1 atom stereocenters. The molecule has 0 saturated carbocycles. The number of nitrogens with zero attached hydrogens (tertiary/aromatic N) is 4. The monoisotopic (exact) mass is 333 g/mol. The molecule has 1 aliphatic carbocycles. The Hall–Kier alpha value is -1.82. The number of aromatic amines is 1. The molecule has 2 aromatic rings. The van der Waals surface area contributed by atoms with Crippen molar-refractivity contribution in [2.75, 3.05) is 6.54 Å². The van der Waals surface area contributed by atoms with Gasteiger partial charge >= 0.3 is 0 Å². The number of H-pyrrole nitrogens is 1. The second-order valence-corrected chi connectivity index (χ2v) is 6.81. The molecule has 1 N–H and O–H groups in total. The Morgan fingerprint density at radius 1 is 1.35 bits per heavy atom. The van der Waals surface area contributed by atoms with Crippen LogP contribution >= 0.6 is 11.6 Å². The molecule has 0 unspecified atom stereocenters. The van der Waals surface area contributed by atoms with Crippen LogP contribution in [-0.4, -0.2) is 37.3 Å². The SMILES string of the molecule is Cc1nn(C)c(Cl)c1[C@@H]1CCCN1C(=O)c1n[nH]c2c1CCC2. The zero-order valence-electron chi connectivity index (χ0n) is 13.4. The van der Waals surface area contributed by atoms with Crippen LogP contribution in [-0.2, 0) is 19.9 Å². The number of aryl methyl sites for hydroxylation is 3. The molecule has 0 spiro atoms. The van der Waals surface area contributed by atoms with E-state index < -0.39 is 0 Å². The summed E-state index contributed by atoms with van der Waals surface area (Å²) < 4.78 is 1.68. The van der Waals surface area contributed by atoms with E-state index in [-0.39, 0.29) is 11.9 Å². The number of fused-ring (bicyclic) bond motifs is 1. The Labute approximate surface area is 139 Å². The minimum Gasteiger partial charge on any atom is -0.330 e. The Bertz CT molecular complexity index is 778. The smallest absolute Gasteiger partial charge is 0.275 e. The zero-order valence-corrected chi connectivity index (χ0v) is 14.2. The number of hydrogen-bond acceptors (Lipinski definition) is 3. The molecular formula is C16H20ClN5O. The van der Waals surface area contributed by atoms with Crippen LogP contribution in [0.4, 0.5) is 0 Å². The molecule has 2 aliphatic rings. The third-order valence-corrected chi connectivity index (χ3v) is 5.50. The first-order valence-corrected chi connectivity index (χ1v) is 8.51. The van der Waals surface area contributed by atoms with E-state index in [1.54, 1.807) is 4.68 Å². The van der Waals surface area contributed by atoms with Gasteiger partial charge in [-0.3, -0.25) is 14.6 Å². The van der Waals surface area contributed by atoms with Crippen molar-refractivity contribution >= 4 is 17.5 Å². The van der Waals surface area contributed by atoms with Crippen LogP contribution in [0.15, 0.2) is 0 Å². The third-order valence-electron chi connectivity index (χ3n) is 5.05. The van der Waals surface area contributed by atoms with Crippen LogP contribution in [0.1, 0.15) is 58.3 Å². The van der Waals surface area contributed by atoms with Crippen molar-refractivity contribution in [1.29, 1.82) is 0 Å². The quantitative estimate of drug-likeness (QED) is 0.918. The third kappa shape index (κ3) is 2.19. The van der Waals surface area contributed by atoms with E-state index >= 15 is 0 Å². The van der Waals surface area contributed by atoms with Gasteiger partial charge in [0.2, 0.25) is 0 Å². The highest BCUT2D eigenvalue weighted by atomic mass is 35.5. The maximum absolute atomic E-state index is 13.1. The molecule has 1 saturated heterocycles. The Balaban J connectivity index is 1.69. The van der Waals surface area contributed by atoms with Crippen molar-refractivity contribution in [3.63, 3.8) is 0 Å². The number of carbonyl (C=O) groups is 1. The minimum absolute atomic E-state index is 0.00236. The van der Waals surface area contributed by atoms with Gasteiger partial charge in [-0.2, -0.15) is 10.2 Å². The molecule has 2 aromatic heterocycles. The molecular weight excluding hydrogens is 314 g/mol. The molecule has 0 radical (unpaired) electrons. The summed E-state index contributed by atoms with van der Waals surface area (Å²) in [6.07, 6.45) is 4.93. The van der Waals surface area contributed by atoms with Gasteiger partial charge in [-0.05, 0) is 39.0 Å². The predicted molar refractivity (Wildman–Crippen MR) is 86.6 cm³/mol. The fourth-order valence-electron chi connectivity index (χ4n) is 3.97. The maximum Gasteiger partial charge on any atom is 0.275 e. The van der Waals surface area contributed by atoms with Gasteiger partial charge in [-0.1, -0.05) is 11.6 Å². The van der Waals surface area contributed by atoms with E-state index in [0.29, 0.717) is 10.8 Å². The number of halogens is 1. The lowest BCUT2D eigenvalue weighted by atomic mass is 10.0. The number of carbonyl (C=O) groups excluding carboxylic acids is 1. The molecule has 7 heteroatoms. The summed E-state index contributed by atoms with van der Waals surface area (Å²) in [5, 5.41) is 12.3. The summed E-state index contributed by atoms with van der Waals surface area (Å²) in [6, 6.07) is -0.00236. The standard InChI is InChI=1S/C16H20ClN5O/c1-9-13(15(17)21(2)20-9)12-7-4-8-22(12)16(23)14-10-5-3-6-11(10)18-19-14/h12H,3-8H2,1-2H3,(H,18,19)/t12-/m0/s1. The van der Waals surface area contributed by atoms with E-state index in [2.05, 4.69) is 15.3 Å². The van der Waals surface area contributed by atoms with Gasteiger partial charge in [0.05, 0.1) is 11.7 Å². The van der Waals surface area contributed by atoms with Crippen LogP contribution < -0.4 is 0 Å². The van der Waals surface area contributed by atoms with Crippen molar-refractivity contribution in [2.24, 2.45) is 7.05 Å². The Morgan fingerprint density at radius 2 is 2.17 bits per heavy atom. The first kappa shape index (κ1) is 14.8. The average molecular weight is 334 g/mol. The van der Waals surface area contributed by atoms with Crippen molar-refractivity contribution in [3.8, 4) is 0 Å². The molecule has 3 heterocycles. The number of likely N-dealkylation sites (tertiary alicyclic amines) is 1. The normalized spacial score (nSPS) is 20.3. The number of aromatic nitrogens is 4. The summed E-state index contributed by atoms with van der Waals surface area (Å²) >= 11 is 6.42. The molecule has 0 aromatic carbocycles. The van der Waals surface area contributed by atoms with Crippen molar-refractivity contribution in [1.82, 2.24) is 24.9 Å². The predicted octanol–water partition coefficient (Wildman–Crippen LogP) is 2.57. The summed E-state index contributed by atoms with van der Waals surface area (Å²) in [5.41, 5.74) is 4.71. The van der Waals surface area contributed by atoms with E-state index in [0.717, 1.165) is 61.2 Å². The van der Waals surface area contributed by atoms with Gasteiger partial charge < -0.3 is 4.90 Å². The first-order valence-electron chi connectivity index (χ1n) is 8.14. The van der Waals surface area contributed by atoms with E-state index in [9.17, 15) is 4.79 Å². The number of hydrogen-bond donors (Lipinski definition) is 1. The number of nitrogens with one attached hydrogen (secondary N) is 1. The highest BCUT2D eigenvalue weighted by Crippen LogP contribution is 2.38. The lowest BCUT2D eigenvalue weighted by Gasteiger charge is -2.24. The van der Waals surface area contributed by atoms with Crippen molar-refractivity contribution in [3.05, 3.63) is 33.4 Å². The lowest BCUT2D eigenvalue weighted by Crippen LogP contribution is -2.31. The summed E-state index contributed by atoms with van der Waals surface area (Å²) in [5.74, 6) is 0.0196. The van der Waals surface area contributed by atoms with Gasteiger partial charge in [0, 0.05) is 30.4 Å². The zero-order chi connectivity index (χ0) is 16.1. The first-order chi connectivity index (χ1) is 11.1. The van der Waals surface area contributed by atoms with Crippen LogP contribution in [0.5, 0.6) is 0 Å². The summed E-state index contributed by atoms with van der Waals surface area (Å²) in [6.45, 7) is 2.70. The fraction of sp³-hybridized carbons (Fsp3) is 0.562. The topological polar surface area (TPSA) is 66.8 Å². The van der Waals surface area contributed by atoms with Crippen molar-refractivity contribution < 1.29 is 4.79 Å². The van der Waals surface area contributed by atoms with Gasteiger partial charge in [-0.25, -0.2) is 0 Å². The fourth-order valence-corrected chi connectivity index (χ4v) is 4.27.